The molecule has 0 aliphatic carbocycles. The number of benzene rings is 1. The molecule has 0 aliphatic heterocycles. The Morgan fingerprint density at radius 3 is 2.75 bits per heavy atom. The van der Waals surface area contributed by atoms with Gasteiger partial charge in [0.25, 0.3) is 5.69 Å². The van der Waals surface area contributed by atoms with E-state index in [0.717, 1.165) is 6.54 Å². The lowest BCUT2D eigenvalue weighted by atomic mass is 10.2. The third kappa shape index (κ3) is 3.39. The number of likely N-dealkylation sites (N-methyl/N-ethyl adjacent to an activating group) is 1. The molecule has 0 aliphatic rings. The molecule has 88 valence electrons. The van der Waals surface area contributed by atoms with Gasteiger partial charge < -0.3 is 15.4 Å². The highest BCUT2D eigenvalue weighted by atomic mass is 16.6. The van der Waals surface area contributed by atoms with Gasteiger partial charge in [-0.3, -0.25) is 10.1 Å². The van der Waals surface area contributed by atoms with Gasteiger partial charge in [0.2, 0.25) is 0 Å². The van der Waals surface area contributed by atoms with E-state index in [2.05, 4.69) is 0 Å². The Morgan fingerprint density at radius 1 is 1.50 bits per heavy atom. The van der Waals surface area contributed by atoms with Gasteiger partial charge in [0.15, 0.2) is 0 Å². The summed E-state index contributed by atoms with van der Waals surface area (Å²) < 4.78 is 5.36. The molecule has 1 rings (SSSR count). The largest absolute Gasteiger partial charge is 0.492 e. The molecular weight excluding hydrogens is 210 g/mol. The Balaban J connectivity index is 2.68. The van der Waals surface area contributed by atoms with Gasteiger partial charge >= 0.3 is 0 Å². The molecule has 0 saturated carbocycles. The van der Waals surface area contributed by atoms with Gasteiger partial charge in [-0.05, 0) is 26.2 Å². The minimum Gasteiger partial charge on any atom is -0.492 e. The first-order chi connectivity index (χ1) is 7.50. The lowest BCUT2D eigenvalue weighted by Gasteiger charge is -2.10. The second-order valence-electron chi connectivity index (χ2n) is 3.63. The maximum atomic E-state index is 10.6. The Hall–Kier alpha value is -1.82. The van der Waals surface area contributed by atoms with Crippen LogP contribution in [-0.4, -0.2) is 37.1 Å². The van der Waals surface area contributed by atoms with E-state index in [1.807, 2.05) is 19.0 Å². The lowest BCUT2D eigenvalue weighted by Crippen LogP contribution is -2.19. The smallest absolute Gasteiger partial charge is 0.295 e. The van der Waals surface area contributed by atoms with Crippen molar-refractivity contribution in [3.8, 4) is 5.75 Å². The molecule has 0 atom stereocenters. The van der Waals surface area contributed by atoms with Crippen molar-refractivity contribution >= 4 is 11.4 Å². The standard InChI is InChI=1S/C10H15N3O3/c1-12(2)5-6-16-8-3-4-9(11)10(7-8)13(14)15/h3-4,7H,5-6,11H2,1-2H3. The summed E-state index contributed by atoms with van der Waals surface area (Å²) in [6.45, 7) is 1.23. The maximum Gasteiger partial charge on any atom is 0.295 e. The molecule has 1 aromatic carbocycles. The minimum atomic E-state index is -0.520. The van der Waals surface area contributed by atoms with Gasteiger partial charge in [-0.25, -0.2) is 0 Å². The molecule has 0 aromatic heterocycles. The van der Waals surface area contributed by atoms with Crippen LogP contribution >= 0.6 is 0 Å². The van der Waals surface area contributed by atoms with Crippen LogP contribution in [-0.2, 0) is 0 Å². The van der Waals surface area contributed by atoms with Gasteiger partial charge in [-0.1, -0.05) is 0 Å². The Morgan fingerprint density at radius 2 is 2.19 bits per heavy atom. The van der Waals surface area contributed by atoms with Crippen molar-refractivity contribution in [2.75, 3.05) is 33.0 Å². The van der Waals surface area contributed by atoms with E-state index in [1.165, 1.54) is 12.1 Å². The summed E-state index contributed by atoms with van der Waals surface area (Å²) in [6.07, 6.45) is 0. The topological polar surface area (TPSA) is 81.6 Å². The summed E-state index contributed by atoms with van der Waals surface area (Å²) in [5.74, 6) is 0.461. The van der Waals surface area contributed by atoms with Crippen LogP contribution < -0.4 is 10.5 Å². The summed E-state index contributed by atoms with van der Waals surface area (Å²) in [7, 11) is 3.85. The molecule has 6 heteroatoms. The van der Waals surface area contributed by atoms with Gasteiger partial charge in [0.05, 0.1) is 11.0 Å². The first-order valence-electron chi connectivity index (χ1n) is 4.82. The molecule has 0 bridgehead atoms. The molecule has 0 heterocycles. The van der Waals surface area contributed by atoms with Crippen LogP contribution in [0.1, 0.15) is 0 Å². The van der Waals surface area contributed by atoms with E-state index < -0.39 is 4.92 Å². The van der Waals surface area contributed by atoms with Crippen LogP contribution in [0.25, 0.3) is 0 Å². The fourth-order valence-electron chi connectivity index (χ4n) is 1.12. The van der Waals surface area contributed by atoms with Crippen molar-refractivity contribution in [2.45, 2.75) is 0 Å². The molecule has 2 N–H and O–H groups in total. The first-order valence-corrected chi connectivity index (χ1v) is 4.82. The second-order valence-corrected chi connectivity index (χ2v) is 3.63. The van der Waals surface area contributed by atoms with Gasteiger partial charge in [0.1, 0.15) is 18.0 Å². The Labute approximate surface area is 93.8 Å². The van der Waals surface area contributed by atoms with Crippen LogP contribution in [0.5, 0.6) is 5.75 Å². The average molecular weight is 225 g/mol. The van der Waals surface area contributed by atoms with Crippen molar-refractivity contribution in [3.05, 3.63) is 28.3 Å². The molecule has 1 aromatic rings. The molecule has 0 unspecified atom stereocenters. The average Bonchev–Trinajstić information content (AvgIpc) is 2.19. The zero-order valence-electron chi connectivity index (χ0n) is 9.34. The van der Waals surface area contributed by atoms with Gasteiger partial charge in [-0.2, -0.15) is 0 Å². The number of nitrogens with zero attached hydrogens (tertiary/aromatic N) is 2. The van der Waals surface area contributed by atoms with E-state index in [1.54, 1.807) is 6.07 Å². The van der Waals surface area contributed by atoms with Crippen molar-refractivity contribution in [3.63, 3.8) is 0 Å². The predicted octanol–water partition coefficient (Wildman–Crippen LogP) is 1.12. The molecule has 0 radical (unpaired) electrons. The van der Waals surface area contributed by atoms with E-state index >= 15 is 0 Å². The summed E-state index contributed by atoms with van der Waals surface area (Å²) >= 11 is 0. The zero-order valence-corrected chi connectivity index (χ0v) is 9.34. The summed E-state index contributed by atoms with van der Waals surface area (Å²) in [5, 5.41) is 10.6. The van der Waals surface area contributed by atoms with Crippen LogP contribution in [0.15, 0.2) is 18.2 Å². The molecule has 0 spiro atoms. The van der Waals surface area contributed by atoms with Crippen LogP contribution in [0.2, 0.25) is 0 Å². The van der Waals surface area contributed by atoms with Crippen molar-refractivity contribution in [1.29, 1.82) is 0 Å². The number of rotatable bonds is 5. The monoisotopic (exact) mass is 225 g/mol. The van der Waals surface area contributed by atoms with Crippen LogP contribution in [0, 0.1) is 10.1 Å². The zero-order chi connectivity index (χ0) is 12.1. The number of hydrogen-bond donors (Lipinski definition) is 1. The minimum absolute atomic E-state index is 0.123. The number of nitrogen functional groups attached to an aromatic ring is 1. The lowest BCUT2D eigenvalue weighted by molar-refractivity contribution is -0.384. The Kier molecular flexibility index (Phi) is 4.07. The highest BCUT2D eigenvalue weighted by molar-refractivity contribution is 5.60. The number of nitro benzene ring substituents is 1. The summed E-state index contributed by atoms with van der Waals surface area (Å²) in [6, 6.07) is 4.44. The van der Waals surface area contributed by atoms with E-state index in [4.69, 9.17) is 10.5 Å². The molecule has 0 fully saturated rings. The fourth-order valence-corrected chi connectivity index (χ4v) is 1.12. The highest BCUT2D eigenvalue weighted by Gasteiger charge is 2.12. The van der Waals surface area contributed by atoms with E-state index in [0.29, 0.717) is 12.4 Å². The molecule has 0 saturated heterocycles. The van der Waals surface area contributed by atoms with Gasteiger partial charge in [0, 0.05) is 6.54 Å². The third-order valence-corrected chi connectivity index (χ3v) is 2.01. The number of hydrogen-bond acceptors (Lipinski definition) is 5. The summed E-state index contributed by atoms with van der Waals surface area (Å²) in [5.41, 5.74) is 5.48. The van der Waals surface area contributed by atoms with Crippen LogP contribution in [0.4, 0.5) is 11.4 Å². The number of nitro groups is 1. The normalized spacial score (nSPS) is 10.4. The Bertz CT molecular complexity index is 380. The molecule has 6 nitrogen and oxygen atoms in total. The highest BCUT2D eigenvalue weighted by Crippen LogP contribution is 2.26. The predicted molar refractivity (Wildman–Crippen MR) is 61.6 cm³/mol. The van der Waals surface area contributed by atoms with Gasteiger partial charge in [-0.15, -0.1) is 0 Å². The third-order valence-electron chi connectivity index (χ3n) is 2.01. The van der Waals surface area contributed by atoms with Crippen LogP contribution in [0.3, 0.4) is 0 Å². The molecule has 16 heavy (non-hydrogen) atoms. The fraction of sp³-hybridized carbons (Fsp3) is 0.400. The molecule has 0 amide bonds. The van der Waals surface area contributed by atoms with Crippen molar-refractivity contribution in [1.82, 2.24) is 4.90 Å². The van der Waals surface area contributed by atoms with Crippen molar-refractivity contribution in [2.24, 2.45) is 0 Å². The number of nitrogens with two attached hydrogens (primary N) is 1. The number of anilines is 1. The SMILES string of the molecule is CN(C)CCOc1ccc(N)c([N+](=O)[O-])c1. The summed E-state index contributed by atoms with van der Waals surface area (Å²) in [4.78, 5) is 12.1. The first kappa shape index (κ1) is 12.3. The quantitative estimate of drug-likeness (QED) is 0.461. The number of ether oxygens (including phenoxy) is 1. The van der Waals surface area contributed by atoms with Crippen molar-refractivity contribution < 1.29 is 9.66 Å². The van der Waals surface area contributed by atoms with E-state index in [9.17, 15) is 10.1 Å². The molecular formula is C10H15N3O3. The maximum absolute atomic E-state index is 10.6. The van der Waals surface area contributed by atoms with E-state index in [-0.39, 0.29) is 11.4 Å². The second kappa shape index (κ2) is 5.32.